The maximum absolute atomic E-state index is 5.25. The van der Waals surface area contributed by atoms with Crippen molar-refractivity contribution >= 4 is 0 Å². The number of hydrogen-bond donors (Lipinski definition) is 0. The highest BCUT2D eigenvalue weighted by Gasteiger charge is 2.27. The molecule has 0 spiro atoms. The van der Waals surface area contributed by atoms with E-state index < -0.39 is 0 Å². The SMILES string of the molecule is CCCCn1nnnc1CN1CCC[C@@H]1c1ccc(OC)cc1. The van der Waals surface area contributed by atoms with Gasteiger partial charge < -0.3 is 4.74 Å². The normalized spacial score (nSPS) is 18.4. The minimum atomic E-state index is 0.442. The first-order valence-corrected chi connectivity index (χ1v) is 8.45. The highest BCUT2D eigenvalue weighted by atomic mass is 16.5. The number of hydrogen-bond acceptors (Lipinski definition) is 5. The quantitative estimate of drug-likeness (QED) is 0.786. The van der Waals surface area contributed by atoms with Gasteiger partial charge in [0.25, 0.3) is 0 Å². The number of nitrogens with zero attached hydrogens (tertiary/aromatic N) is 5. The van der Waals surface area contributed by atoms with Crippen molar-refractivity contribution < 1.29 is 4.74 Å². The number of tetrazole rings is 1. The van der Waals surface area contributed by atoms with E-state index >= 15 is 0 Å². The van der Waals surface area contributed by atoms with Gasteiger partial charge in [0.2, 0.25) is 0 Å². The summed E-state index contributed by atoms with van der Waals surface area (Å²) in [6.07, 6.45) is 4.66. The molecular weight excluding hydrogens is 290 g/mol. The van der Waals surface area contributed by atoms with E-state index in [2.05, 4.69) is 39.5 Å². The largest absolute Gasteiger partial charge is 0.497 e. The molecule has 23 heavy (non-hydrogen) atoms. The molecule has 124 valence electrons. The first-order valence-electron chi connectivity index (χ1n) is 8.45. The second-order valence-corrected chi connectivity index (χ2v) is 6.07. The molecule has 0 bridgehead atoms. The van der Waals surface area contributed by atoms with Gasteiger partial charge in [0, 0.05) is 12.6 Å². The van der Waals surface area contributed by atoms with Crippen LogP contribution in [0.2, 0.25) is 0 Å². The lowest BCUT2D eigenvalue weighted by atomic mass is 10.0. The minimum absolute atomic E-state index is 0.442. The van der Waals surface area contributed by atoms with Crippen LogP contribution in [-0.2, 0) is 13.1 Å². The molecule has 2 heterocycles. The van der Waals surface area contributed by atoms with Gasteiger partial charge >= 0.3 is 0 Å². The van der Waals surface area contributed by atoms with Crippen molar-refractivity contribution in [3.63, 3.8) is 0 Å². The monoisotopic (exact) mass is 315 g/mol. The molecular formula is C17H25N5O. The molecule has 3 rings (SSSR count). The van der Waals surface area contributed by atoms with Gasteiger partial charge in [0.15, 0.2) is 5.82 Å². The number of aromatic nitrogens is 4. The highest BCUT2D eigenvalue weighted by Crippen LogP contribution is 2.33. The number of ether oxygens (including phenoxy) is 1. The van der Waals surface area contributed by atoms with Crippen LogP contribution in [0, 0.1) is 0 Å². The van der Waals surface area contributed by atoms with Crippen LogP contribution in [0.5, 0.6) is 5.75 Å². The molecule has 0 saturated carbocycles. The summed E-state index contributed by atoms with van der Waals surface area (Å²) < 4.78 is 7.20. The van der Waals surface area contributed by atoms with Gasteiger partial charge in [-0.1, -0.05) is 25.5 Å². The van der Waals surface area contributed by atoms with Crippen molar-refractivity contribution in [2.45, 2.75) is 51.7 Å². The lowest BCUT2D eigenvalue weighted by Gasteiger charge is -2.24. The molecule has 0 aliphatic carbocycles. The number of likely N-dealkylation sites (tertiary alicyclic amines) is 1. The molecule has 6 heteroatoms. The van der Waals surface area contributed by atoms with Crippen LogP contribution in [0.25, 0.3) is 0 Å². The molecule has 0 N–H and O–H groups in total. The summed E-state index contributed by atoms with van der Waals surface area (Å²) in [5, 5.41) is 12.2. The van der Waals surface area contributed by atoms with E-state index in [9.17, 15) is 0 Å². The maximum Gasteiger partial charge on any atom is 0.165 e. The Balaban J connectivity index is 1.70. The molecule has 1 aliphatic heterocycles. The Kier molecular flexibility index (Phi) is 5.23. The molecule has 1 aliphatic rings. The topological polar surface area (TPSA) is 56.1 Å². The molecule has 1 atom stereocenters. The third-order valence-corrected chi connectivity index (χ3v) is 4.54. The van der Waals surface area contributed by atoms with E-state index in [1.807, 2.05) is 16.8 Å². The van der Waals surface area contributed by atoms with Crippen LogP contribution in [-0.4, -0.2) is 38.8 Å². The van der Waals surface area contributed by atoms with Gasteiger partial charge in [-0.25, -0.2) is 4.68 Å². The summed E-state index contributed by atoms with van der Waals surface area (Å²) in [5.41, 5.74) is 1.34. The number of rotatable bonds is 7. The summed E-state index contributed by atoms with van der Waals surface area (Å²) in [7, 11) is 1.70. The van der Waals surface area contributed by atoms with E-state index in [0.29, 0.717) is 6.04 Å². The van der Waals surface area contributed by atoms with Gasteiger partial charge in [-0.05, 0) is 53.9 Å². The Labute approximate surface area is 137 Å². The fourth-order valence-corrected chi connectivity index (χ4v) is 3.22. The van der Waals surface area contributed by atoms with Crippen molar-refractivity contribution in [2.24, 2.45) is 0 Å². The number of methoxy groups -OCH3 is 1. The van der Waals surface area contributed by atoms with E-state index in [0.717, 1.165) is 44.0 Å². The third-order valence-electron chi connectivity index (χ3n) is 4.54. The zero-order valence-electron chi connectivity index (χ0n) is 14.0. The van der Waals surface area contributed by atoms with E-state index in [4.69, 9.17) is 4.74 Å². The predicted octanol–water partition coefficient (Wildman–Crippen LogP) is 2.82. The number of benzene rings is 1. The number of unbranched alkanes of at least 4 members (excludes halogenated alkanes) is 1. The minimum Gasteiger partial charge on any atom is -0.497 e. The van der Waals surface area contributed by atoms with Gasteiger partial charge in [-0.15, -0.1) is 5.10 Å². The lowest BCUT2D eigenvalue weighted by Crippen LogP contribution is -2.25. The van der Waals surface area contributed by atoms with Crippen LogP contribution >= 0.6 is 0 Å². The van der Waals surface area contributed by atoms with Crippen molar-refractivity contribution in [1.82, 2.24) is 25.1 Å². The Bertz CT molecular complexity index is 610. The smallest absolute Gasteiger partial charge is 0.165 e. The van der Waals surface area contributed by atoms with E-state index in [-0.39, 0.29) is 0 Å². The molecule has 1 aromatic carbocycles. The van der Waals surface area contributed by atoms with Crippen molar-refractivity contribution in [2.75, 3.05) is 13.7 Å². The van der Waals surface area contributed by atoms with Crippen molar-refractivity contribution in [3.05, 3.63) is 35.7 Å². The Morgan fingerprint density at radius 3 is 2.83 bits per heavy atom. The summed E-state index contributed by atoms with van der Waals surface area (Å²) in [5.74, 6) is 1.88. The van der Waals surface area contributed by atoms with Crippen LogP contribution in [0.3, 0.4) is 0 Å². The van der Waals surface area contributed by atoms with Gasteiger partial charge in [-0.2, -0.15) is 0 Å². The lowest BCUT2D eigenvalue weighted by molar-refractivity contribution is 0.236. The fourth-order valence-electron chi connectivity index (χ4n) is 3.22. The Morgan fingerprint density at radius 1 is 1.26 bits per heavy atom. The van der Waals surface area contributed by atoms with Gasteiger partial charge in [0.1, 0.15) is 5.75 Å². The summed E-state index contributed by atoms with van der Waals surface area (Å²) in [6.45, 7) is 4.99. The van der Waals surface area contributed by atoms with Crippen LogP contribution in [0.4, 0.5) is 0 Å². The fraction of sp³-hybridized carbons (Fsp3) is 0.588. The van der Waals surface area contributed by atoms with Gasteiger partial charge in [0.05, 0.1) is 13.7 Å². The zero-order chi connectivity index (χ0) is 16.1. The summed E-state index contributed by atoms with van der Waals surface area (Å²) >= 11 is 0. The Morgan fingerprint density at radius 2 is 2.09 bits per heavy atom. The van der Waals surface area contributed by atoms with Crippen LogP contribution < -0.4 is 4.74 Å². The average Bonchev–Trinajstić information content (AvgIpc) is 3.23. The molecule has 0 unspecified atom stereocenters. The zero-order valence-corrected chi connectivity index (χ0v) is 14.0. The van der Waals surface area contributed by atoms with Crippen LogP contribution in [0.15, 0.2) is 24.3 Å². The third kappa shape index (κ3) is 3.69. The van der Waals surface area contributed by atoms with Crippen LogP contribution in [0.1, 0.15) is 50.0 Å². The average molecular weight is 315 g/mol. The Hall–Kier alpha value is -1.95. The van der Waals surface area contributed by atoms with Crippen molar-refractivity contribution in [1.29, 1.82) is 0 Å². The summed E-state index contributed by atoms with van der Waals surface area (Å²) in [4.78, 5) is 2.48. The molecule has 0 radical (unpaired) electrons. The second-order valence-electron chi connectivity index (χ2n) is 6.07. The maximum atomic E-state index is 5.25. The van der Waals surface area contributed by atoms with E-state index in [1.54, 1.807) is 7.11 Å². The molecule has 0 amide bonds. The molecule has 1 saturated heterocycles. The second kappa shape index (κ2) is 7.55. The highest BCUT2D eigenvalue weighted by molar-refractivity contribution is 5.29. The predicted molar refractivity (Wildman–Crippen MR) is 88.1 cm³/mol. The van der Waals surface area contributed by atoms with Gasteiger partial charge in [-0.3, -0.25) is 4.90 Å². The standard InChI is InChI=1S/C17H25N5O/c1-3-4-12-22-17(18-19-20-22)13-21-11-5-6-16(21)14-7-9-15(23-2)10-8-14/h7-10,16H,3-6,11-13H2,1-2H3/t16-/m1/s1. The molecule has 1 fully saturated rings. The first-order chi connectivity index (χ1) is 11.3. The summed E-state index contributed by atoms with van der Waals surface area (Å²) in [6, 6.07) is 8.86. The van der Waals surface area contributed by atoms with Crippen molar-refractivity contribution in [3.8, 4) is 5.75 Å². The molecule has 6 nitrogen and oxygen atoms in total. The molecule has 2 aromatic rings. The number of aryl methyl sites for hydroxylation is 1. The first kappa shape index (κ1) is 15.9. The molecule has 1 aromatic heterocycles. The van der Waals surface area contributed by atoms with E-state index in [1.165, 1.54) is 18.4 Å².